The highest BCUT2D eigenvalue weighted by Crippen LogP contribution is 2.39. The zero-order valence-corrected chi connectivity index (χ0v) is 13.4. The Morgan fingerprint density at radius 1 is 1.21 bits per heavy atom. The first-order chi connectivity index (χ1) is 11.2. The average Bonchev–Trinajstić information content (AvgIpc) is 2.83. The molecule has 1 aliphatic rings. The Bertz CT molecular complexity index is 868. The molecule has 0 N–H and O–H groups in total. The topological polar surface area (TPSA) is 63.5 Å². The lowest BCUT2D eigenvalue weighted by Crippen LogP contribution is -2.23. The number of alkyl halides is 3. The summed E-state index contributed by atoms with van der Waals surface area (Å²) in [5.74, 6) is -0.622. The molecule has 1 amide bonds. The summed E-state index contributed by atoms with van der Waals surface area (Å²) in [6.07, 6.45) is -4.58. The van der Waals surface area contributed by atoms with E-state index in [-0.39, 0.29) is 29.0 Å². The van der Waals surface area contributed by atoms with Gasteiger partial charge in [0.2, 0.25) is 0 Å². The van der Waals surface area contributed by atoms with Gasteiger partial charge in [-0.05, 0) is 23.8 Å². The average molecular weight is 401 g/mol. The number of rotatable bonds is 2. The fourth-order valence-electron chi connectivity index (χ4n) is 2.63. The molecule has 0 saturated heterocycles. The minimum atomic E-state index is -4.58. The quantitative estimate of drug-likeness (QED) is 0.549. The molecule has 0 saturated carbocycles. The highest BCUT2D eigenvalue weighted by atomic mass is 79.9. The van der Waals surface area contributed by atoms with Crippen LogP contribution in [0.3, 0.4) is 0 Å². The van der Waals surface area contributed by atoms with Crippen molar-refractivity contribution in [1.82, 2.24) is 0 Å². The zero-order chi connectivity index (χ0) is 17.6. The number of amides is 1. The van der Waals surface area contributed by atoms with Gasteiger partial charge in [-0.2, -0.15) is 13.2 Å². The second-order valence-corrected chi connectivity index (χ2v) is 6.06. The van der Waals surface area contributed by atoms with Crippen LogP contribution >= 0.6 is 15.9 Å². The van der Waals surface area contributed by atoms with E-state index in [1.165, 1.54) is 24.3 Å². The molecular formula is C15H8BrF3N2O3. The Labute approximate surface area is 142 Å². The summed E-state index contributed by atoms with van der Waals surface area (Å²) in [6.45, 7) is -0.294. The Morgan fingerprint density at radius 2 is 1.92 bits per heavy atom. The number of hydrogen-bond acceptors (Lipinski definition) is 3. The van der Waals surface area contributed by atoms with Gasteiger partial charge >= 0.3 is 6.18 Å². The molecule has 9 heteroatoms. The number of nitro benzene ring substituents is 1. The van der Waals surface area contributed by atoms with Crippen LogP contribution in [0.4, 0.5) is 24.5 Å². The van der Waals surface area contributed by atoms with Gasteiger partial charge in [0.1, 0.15) is 0 Å². The van der Waals surface area contributed by atoms with E-state index in [2.05, 4.69) is 15.9 Å². The van der Waals surface area contributed by atoms with Crippen molar-refractivity contribution in [1.29, 1.82) is 0 Å². The van der Waals surface area contributed by atoms with Crippen LogP contribution in [-0.2, 0) is 12.7 Å². The number of nitrogens with zero attached hydrogens (tertiary/aromatic N) is 2. The summed E-state index contributed by atoms with van der Waals surface area (Å²) in [4.78, 5) is 23.8. The smallest absolute Gasteiger partial charge is 0.304 e. The van der Waals surface area contributed by atoms with Crippen LogP contribution < -0.4 is 4.90 Å². The maximum Gasteiger partial charge on any atom is 0.416 e. The number of halogens is 4. The van der Waals surface area contributed by atoms with E-state index in [1.54, 1.807) is 0 Å². The molecule has 5 nitrogen and oxygen atoms in total. The predicted molar refractivity (Wildman–Crippen MR) is 82.8 cm³/mol. The van der Waals surface area contributed by atoms with Crippen LogP contribution in [0.1, 0.15) is 21.5 Å². The second-order valence-electron chi connectivity index (χ2n) is 5.15. The van der Waals surface area contributed by atoms with Crippen LogP contribution in [0.15, 0.2) is 40.9 Å². The van der Waals surface area contributed by atoms with Crippen LogP contribution in [0.25, 0.3) is 0 Å². The van der Waals surface area contributed by atoms with Gasteiger partial charge in [-0.1, -0.05) is 22.0 Å². The second kappa shape index (κ2) is 5.59. The molecule has 2 aromatic rings. The number of carbonyl (C=O) groups excluding carboxylic acids is 1. The fourth-order valence-corrected chi connectivity index (χ4v) is 3.10. The summed E-state index contributed by atoms with van der Waals surface area (Å²) in [6, 6.07) is 7.26. The van der Waals surface area contributed by atoms with Crippen LogP contribution in [0, 0.1) is 10.1 Å². The van der Waals surface area contributed by atoms with Crippen molar-refractivity contribution in [3.05, 3.63) is 67.7 Å². The molecule has 24 heavy (non-hydrogen) atoms. The molecule has 0 aromatic heterocycles. The standard InChI is InChI=1S/C15H8BrF3N2O3/c16-8-4-9(6-10(5-8)21(23)24)20-7-12-11(14(20)22)2-1-3-13(12)15(17,18)19/h1-6H,7H2. The van der Waals surface area contributed by atoms with Crippen LogP contribution in [0.5, 0.6) is 0 Å². The number of hydrogen-bond donors (Lipinski definition) is 0. The van der Waals surface area contributed by atoms with Gasteiger partial charge in [0.05, 0.1) is 22.7 Å². The van der Waals surface area contributed by atoms with Gasteiger partial charge in [0, 0.05) is 22.2 Å². The number of benzene rings is 2. The van der Waals surface area contributed by atoms with E-state index >= 15 is 0 Å². The minimum Gasteiger partial charge on any atom is -0.304 e. The van der Waals surface area contributed by atoms with E-state index in [4.69, 9.17) is 0 Å². The van der Waals surface area contributed by atoms with E-state index in [9.17, 15) is 28.1 Å². The normalized spacial score (nSPS) is 14.0. The zero-order valence-electron chi connectivity index (χ0n) is 11.8. The maximum absolute atomic E-state index is 13.1. The summed E-state index contributed by atoms with van der Waals surface area (Å²) in [5, 5.41) is 10.9. The summed E-state index contributed by atoms with van der Waals surface area (Å²) >= 11 is 3.11. The third kappa shape index (κ3) is 2.75. The lowest BCUT2D eigenvalue weighted by atomic mass is 10.0. The molecule has 0 unspecified atom stereocenters. The molecule has 124 valence electrons. The Balaban J connectivity index is 2.08. The predicted octanol–water partition coefficient (Wildman–Crippen LogP) is 4.54. The van der Waals surface area contributed by atoms with Gasteiger partial charge in [0.25, 0.3) is 11.6 Å². The Kier molecular flexibility index (Phi) is 3.83. The first kappa shape index (κ1) is 16.4. The largest absolute Gasteiger partial charge is 0.416 e. The molecule has 0 aliphatic carbocycles. The molecule has 2 aromatic carbocycles. The van der Waals surface area contributed by atoms with Crippen molar-refractivity contribution in [3.63, 3.8) is 0 Å². The number of non-ortho nitro benzene ring substituents is 1. The summed E-state index contributed by atoms with van der Waals surface area (Å²) in [7, 11) is 0. The van der Waals surface area contributed by atoms with Crippen molar-refractivity contribution < 1.29 is 22.9 Å². The van der Waals surface area contributed by atoms with Crippen LogP contribution in [0.2, 0.25) is 0 Å². The van der Waals surface area contributed by atoms with Gasteiger partial charge in [-0.25, -0.2) is 0 Å². The number of fused-ring (bicyclic) bond motifs is 1. The van der Waals surface area contributed by atoms with E-state index in [1.807, 2.05) is 0 Å². The molecular weight excluding hydrogens is 393 g/mol. The molecule has 0 bridgehead atoms. The minimum absolute atomic E-state index is 0.0487. The van der Waals surface area contributed by atoms with Crippen molar-refractivity contribution in [2.75, 3.05) is 4.90 Å². The monoisotopic (exact) mass is 400 g/mol. The third-order valence-electron chi connectivity index (χ3n) is 3.66. The van der Waals surface area contributed by atoms with E-state index in [0.717, 1.165) is 17.0 Å². The molecule has 1 aliphatic heterocycles. The van der Waals surface area contributed by atoms with Crippen LogP contribution in [-0.4, -0.2) is 10.8 Å². The molecule has 1 heterocycles. The SMILES string of the molecule is O=C1c2cccc(C(F)(F)F)c2CN1c1cc(Br)cc([N+](=O)[O-])c1. The number of carbonyl (C=O) groups is 1. The lowest BCUT2D eigenvalue weighted by Gasteiger charge is -2.16. The number of anilines is 1. The first-order valence-corrected chi connectivity index (χ1v) is 7.43. The van der Waals surface area contributed by atoms with Crippen molar-refractivity contribution in [3.8, 4) is 0 Å². The van der Waals surface area contributed by atoms with Gasteiger partial charge in [0.15, 0.2) is 0 Å². The fraction of sp³-hybridized carbons (Fsp3) is 0.133. The van der Waals surface area contributed by atoms with Crippen molar-refractivity contribution in [2.45, 2.75) is 12.7 Å². The Hall–Kier alpha value is -2.42. The summed E-state index contributed by atoms with van der Waals surface area (Å²) in [5.41, 5.74) is -1.16. The van der Waals surface area contributed by atoms with Crippen molar-refractivity contribution >= 4 is 33.2 Å². The number of nitro groups is 1. The molecule has 3 rings (SSSR count). The lowest BCUT2D eigenvalue weighted by molar-refractivity contribution is -0.384. The molecule has 0 radical (unpaired) electrons. The molecule has 0 fully saturated rings. The maximum atomic E-state index is 13.1. The van der Waals surface area contributed by atoms with E-state index in [0.29, 0.717) is 4.47 Å². The van der Waals surface area contributed by atoms with Gasteiger partial charge in [-0.3, -0.25) is 14.9 Å². The molecule has 0 atom stereocenters. The highest BCUT2D eigenvalue weighted by molar-refractivity contribution is 9.10. The summed E-state index contributed by atoms with van der Waals surface area (Å²) < 4.78 is 39.7. The Morgan fingerprint density at radius 3 is 2.54 bits per heavy atom. The first-order valence-electron chi connectivity index (χ1n) is 6.64. The van der Waals surface area contributed by atoms with E-state index < -0.39 is 22.6 Å². The third-order valence-corrected chi connectivity index (χ3v) is 4.12. The molecule has 0 spiro atoms. The van der Waals surface area contributed by atoms with Gasteiger partial charge in [-0.15, -0.1) is 0 Å². The highest BCUT2D eigenvalue weighted by Gasteiger charge is 2.39. The van der Waals surface area contributed by atoms with Gasteiger partial charge < -0.3 is 4.90 Å². The van der Waals surface area contributed by atoms with Crippen molar-refractivity contribution in [2.24, 2.45) is 0 Å².